The minimum atomic E-state index is -0.759. The maximum Gasteiger partial charge on any atom is 0.306 e. The van der Waals surface area contributed by atoms with E-state index in [-0.39, 0.29) is 31.1 Å². The molecule has 0 aromatic heterocycles. The molecule has 0 aliphatic heterocycles. The third-order valence-electron chi connectivity index (χ3n) is 11.0. The monoisotopic (exact) mass is 779 g/mol. The first-order chi connectivity index (χ1) is 26.9. The minimum absolute atomic E-state index is 0.0646. The molecule has 1 atom stereocenters. The van der Waals surface area contributed by atoms with Crippen LogP contribution in [0.3, 0.4) is 0 Å². The third kappa shape index (κ3) is 43.4. The number of esters is 3. The predicted octanol–water partition coefficient (Wildman–Crippen LogP) is 15.5. The van der Waals surface area contributed by atoms with Crippen LogP contribution in [0, 0.1) is 5.92 Å². The van der Waals surface area contributed by atoms with Gasteiger partial charge in [0.1, 0.15) is 13.2 Å². The molecule has 0 saturated heterocycles. The number of hydrogen-bond donors (Lipinski definition) is 0. The highest BCUT2D eigenvalue weighted by Crippen LogP contribution is 2.17. The van der Waals surface area contributed by atoms with E-state index in [2.05, 4.69) is 27.7 Å². The summed E-state index contributed by atoms with van der Waals surface area (Å²) in [6.07, 6.45) is 44.0. The van der Waals surface area contributed by atoms with E-state index in [0.29, 0.717) is 19.3 Å². The average Bonchev–Trinajstić information content (AvgIpc) is 3.17. The molecule has 55 heavy (non-hydrogen) atoms. The molecule has 6 heteroatoms. The molecule has 6 nitrogen and oxygen atoms in total. The van der Waals surface area contributed by atoms with Crippen molar-refractivity contribution in [1.29, 1.82) is 0 Å². The van der Waals surface area contributed by atoms with E-state index < -0.39 is 6.10 Å². The number of carbonyl (C=O) groups is 3. The predicted molar refractivity (Wildman–Crippen MR) is 233 cm³/mol. The fraction of sp³-hybridized carbons (Fsp3) is 0.939. The lowest BCUT2D eigenvalue weighted by Gasteiger charge is -2.18. The first-order valence-corrected chi connectivity index (χ1v) is 24.4. The van der Waals surface area contributed by atoms with Crippen LogP contribution in [0.15, 0.2) is 0 Å². The fourth-order valence-corrected chi connectivity index (χ4v) is 7.33. The largest absolute Gasteiger partial charge is 0.462 e. The average molecular weight is 779 g/mol. The summed E-state index contributed by atoms with van der Waals surface area (Å²) in [6, 6.07) is 0. The van der Waals surface area contributed by atoms with E-state index in [0.717, 1.165) is 63.7 Å². The summed E-state index contributed by atoms with van der Waals surface area (Å²) in [5.41, 5.74) is 0. The molecular weight excluding hydrogens is 685 g/mol. The Morgan fingerprint density at radius 2 is 0.600 bits per heavy atom. The number of ether oxygens (including phenoxy) is 3. The van der Waals surface area contributed by atoms with Crippen molar-refractivity contribution in [2.45, 2.75) is 278 Å². The molecular formula is C49H94O6. The Morgan fingerprint density at radius 3 is 0.891 bits per heavy atom. The van der Waals surface area contributed by atoms with Crippen LogP contribution in [-0.2, 0) is 28.6 Å². The second kappa shape index (κ2) is 43.5. The van der Waals surface area contributed by atoms with Gasteiger partial charge in [-0.1, -0.05) is 233 Å². The minimum Gasteiger partial charge on any atom is -0.462 e. The summed E-state index contributed by atoms with van der Waals surface area (Å²) >= 11 is 0. The molecule has 0 aliphatic carbocycles. The Labute approximate surface area is 342 Å². The molecule has 0 bridgehead atoms. The highest BCUT2D eigenvalue weighted by molar-refractivity contribution is 5.71. The first kappa shape index (κ1) is 53.4. The van der Waals surface area contributed by atoms with Crippen LogP contribution >= 0.6 is 0 Å². The molecule has 0 aliphatic rings. The molecule has 0 spiro atoms. The number of carbonyl (C=O) groups excluding carboxylic acids is 3. The zero-order valence-corrected chi connectivity index (χ0v) is 37.4. The molecule has 326 valence electrons. The Hall–Kier alpha value is -1.59. The number of hydrogen-bond acceptors (Lipinski definition) is 6. The van der Waals surface area contributed by atoms with Gasteiger partial charge in [-0.2, -0.15) is 0 Å². The van der Waals surface area contributed by atoms with Crippen molar-refractivity contribution in [3.63, 3.8) is 0 Å². The molecule has 0 aromatic carbocycles. The molecule has 0 fully saturated rings. The van der Waals surface area contributed by atoms with E-state index in [1.54, 1.807) is 0 Å². The summed E-state index contributed by atoms with van der Waals surface area (Å²) < 4.78 is 16.7. The van der Waals surface area contributed by atoms with Crippen molar-refractivity contribution in [2.24, 2.45) is 5.92 Å². The second-order valence-electron chi connectivity index (χ2n) is 17.2. The van der Waals surface area contributed by atoms with Crippen molar-refractivity contribution >= 4 is 17.9 Å². The normalized spacial score (nSPS) is 11.9. The van der Waals surface area contributed by atoms with Crippen LogP contribution in [0.4, 0.5) is 0 Å². The van der Waals surface area contributed by atoms with Crippen molar-refractivity contribution in [3.05, 3.63) is 0 Å². The van der Waals surface area contributed by atoms with Crippen molar-refractivity contribution in [2.75, 3.05) is 13.2 Å². The molecule has 0 N–H and O–H groups in total. The Bertz CT molecular complexity index is 826. The molecule has 0 heterocycles. The van der Waals surface area contributed by atoms with Gasteiger partial charge in [0.2, 0.25) is 0 Å². The fourth-order valence-electron chi connectivity index (χ4n) is 7.33. The van der Waals surface area contributed by atoms with Crippen molar-refractivity contribution in [3.8, 4) is 0 Å². The molecule has 0 amide bonds. The highest BCUT2D eigenvalue weighted by Gasteiger charge is 2.19. The van der Waals surface area contributed by atoms with Crippen LogP contribution in [0.1, 0.15) is 272 Å². The van der Waals surface area contributed by atoms with E-state index in [1.165, 1.54) is 167 Å². The summed E-state index contributed by atoms with van der Waals surface area (Å²) in [7, 11) is 0. The zero-order chi connectivity index (χ0) is 40.3. The number of unbranched alkanes of at least 4 members (excludes halogenated alkanes) is 31. The first-order valence-electron chi connectivity index (χ1n) is 24.4. The maximum absolute atomic E-state index is 12.7. The van der Waals surface area contributed by atoms with Gasteiger partial charge in [0.15, 0.2) is 6.10 Å². The maximum atomic E-state index is 12.7. The van der Waals surface area contributed by atoms with Crippen molar-refractivity contribution in [1.82, 2.24) is 0 Å². The Balaban J connectivity index is 4.20. The van der Waals surface area contributed by atoms with E-state index >= 15 is 0 Å². The van der Waals surface area contributed by atoms with Crippen LogP contribution in [0.25, 0.3) is 0 Å². The van der Waals surface area contributed by atoms with Gasteiger partial charge in [0, 0.05) is 19.3 Å². The summed E-state index contributed by atoms with van der Waals surface area (Å²) in [4.78, 5) is 37.7. The van der Waals surface area contributed by atoms with Crippen LogP contribution in [-0.4, -0.2) is 37.2 Å². The van der Waals surface area contributed by atoms with Crippen LogP contribution < -0.4 is 0 Å². The van der Waals surface area contributed by atoms with Gasteiger partial charge in [0.05, 0.1) is 0 Å². The van der Waals surface area contributed by atoms with Gasteiger partial charge in [0.25, 0.3) is 0 Å². The van der Waals surface area contributed by atoms with Crippen LogP contribution in [0.2, 0.25) is 0 Å². The van der Waals surface area contributed by atoms with Gasteiger partial charge in [-0.15, -0.1) is 0 Å². The molecule has 0 aromatic rings. The van der Waals surface area contributed by atoms with Gasteiger partial charge < -0.3 is 14.2 Å². The zero-order valence-electron chi connectivity index (χ0n) is 37.4. The molecule has 0 rings (SSSR count). The third-order valence-corrected chi connectivity index (χ3v) is 11.0. The molecule has 0 unspecified atom stereocenters. The SMILES string of the molecule is CCCCCCCCCCCCCCCCCCCCCC(=O)O[C@@H](COC(=O)CCCCCCCCCCC)COC(=O)CCCCCCCCC(C)C. The topological polar surface area (TPSA) is 78.9 Å². The van der Waals surface area contributed by atoms with Gasteiger partial charge in [-0.25, -0.2) is 0 Å². The van der Waals surface area contributed by atoms with Crippen molar-refractivity contribution < 1.29 is 28.6 Å². The lowest BCUT2D eigenvalue weighted by molar-refractivity contribution is -0.167. The van der Waals surface area contributed by atoms with E-state index in [4.69, 9.17) is 14.2 Å². The Morgan fingerprint density at radius 1 is 0.345 bits per heavy atom. The van der Waals surface area contributed by atoms with E-state index in [1.807, 2.05) is 0 Å². The highest BCUT2D eigenvalue weighted by atomic mass is 16.6. The van der Waals surface area contributed by atoms with Gasteiger partial charge in [-0.05, 0) is 25.2 Å². The summed E-state index contributed by atoms with van der Waals surface area (Å²) in [6.45, 7) is 8.92. The smallest absolute Gasteiger partial charge is 0.306 e. The Kier molecular flexibility index (Phi) is 42.3. The number of rotatable bonds is 44. The van der Waals surface area contributed by atoms with Crippen LogP contribution in [0.5, 0.6) is 0 Å². The van der Waals surface area contributed by atoms with Gasteiger partial charge >= 0.3 is 17.9 Å². The molecule has 0 radical (unpaired) electrons. The second-order valence-corrected chi connectivity index (χ2v) is 17.2. The van der Waals surface area contributed by atoms with Gasteiger partial charge in [-0.3, -0.25) is 14.4 Å². The lowest BCUT2D eigenvalue weighted by Crippen LogP contribution is -2.30. The van der Waals surface area contributed by atoms with E-state index in [9.17, 15) is 14.4 Å². The summed E-state index contributed by atoms with van der Waals surface area (Å²) in [5.74, 6) is -0.0943. The standard InChI is InChI=1S/C49H94O6/c1-5-7-9-11-13-15-16-17-18-19-20-21-22-23-24-26-28-34-38-42-49(52)55-46(43-53-47(50)40-36-32-27-25-14-12-10-8-6-2)44-54-48(51)41-37-33-30-29-31-35-39-45(3)4/h45-46H,5-44H2,1-4H3/t46-/m0/s1. The molecule has 0 saturated carbocycles. The summed E-state index contributed by atoms with van der Waals surface area (Å²) in [5, 5.41) is 0. The lowest BCUT2D eigenvalue weighted by atomic mass is 10.0. The quantitative estimate of drug-likeness (QED) is 0.0348.